The summed E-state index contributed by atoms with van der Waals surface area (Å²) in [6.07, 6.45) is 1.45. The van der Waals surface area contributed by atoms with E-state index in [9.17, 15) is 0 Å². The number of nitriles is 1. The number of hydrogen-bond acceptors (Lipinski definition) is 5. The van der Waals surface area contributed by atoms with Crippen molar-refractivity contribution in [1.82, 2.24) is 10.2 Å². The first-order chi connectivity index (χ1) is 8.83. The van der Waals surface area contributed by atoms with Crippen LogP contribution in [0.15, 0.2) is 36.5 Å². The molecule has 0 N–H and O–H groups in total. The van der Waals surface area contributed by atoms with Gasteiger partial charge in [0, 0.05) is 0 Å². The molecule has 1 aromatic carbocycles. The largest absolute Gasteiger partial charge is 0.494 e. The lowest BCUT2D eigenvalue weighted by atomic mass is 10.3. The molecule has 0 aliphatic carbocycles. The van der Waals surface area contributed by atoms with Gasteiger partial charge in [0.15, 0.2) is 0 Å². The van der Waals surface area contributed by atoms with Gasteiger partial charge < -0.3 is 9.47 Å². The Morgan fingerprint density at radius 1 is 1.17 bits per heavy atom. The van der Waals surface area contributed by atoms with Gasteiger partial charge in [0.05, 0.1) is 12.8 Å². The lowest BCUT2D eigenvalue weighted by Gasteiger charge is -2.06. The number of ether oxygens (including phenoxy) is 2. The molecular weight excluding hydrogens is 230 g/mol. The van der Waals surface area contributed by atoms with E-state index in [1.165, 1.54) is 6.20 Å². The van der Waals surface area contributed by atoms with Crippen molar-refractivity contribution < 1.29 is 9.47 Å². The third-order valence-corrected chi connectivity index (χ3v) is 2.16. The second-order valence-corrected chi connectivity index (χ2v) is 3.37. The summed E-state index contributed by atoms with van der Waals surface area (Å²) in [5.41, 5.74) is 0.346. The van der Waals surface area contributed by atoms with Crippen molar-refractivity contribution >= 4 is 0 Å². The van der Waals surface area contributed by atoms with Crippen molar-refractivity contribution in [1.29, 1.82) is 5.26 Å². The summed E-state index contributed by atoms with van der Waals surface area (Å²) >= 11 is 0. The Morgan fingerprint density at radius 3 is 2.56 bits per heavy atom. The third kappa shape index (κ3) is 2.74. The molecule has 5 nitrogen and oxygen atoms in total. The molecule has 0 spiro atoms. The van der Waals surface area contributed by atoms with Gasteiger partial charge in [-0.3, -0.25) is 0 Å². The molecule has 0 saturated heterocycles. The third-order valence-electron chi connectivity index (χ3n) is 2.16. The highest BCUT2D eigenvalue weighted by Gasteiger charge is 2.06. The van der Waals surface area contributed by atoms with E-state index >= 15 is 0 Å². The van der Waals surface area contributed by atoms with Gasteiger partial charge in [0.2, 0.25) is 0 Å². The molecule has 1 heterocycles. The lowest BCUT2D eigenvalue weighted by molar-refractivity contribution is 0.339. The molecule has 90 valence electrons. The van der Waals surface area contributed by atoms with E-state index in [2.05, 4.69) is 10.2 Å². The van der Waals surface area contributed by atoms with E-state index < -0.39 is 0 Å². The maximum absolute atomic E-state index is 8.89. The quantitative estimate of drug-likeness (QED) is 0.822. The Labute approximate surface area is 105 Å². The second-order valence-electron chi connectivity index (χ2n) is 3.37. The van der Waals surface area contributed by atoms with Crippen molar-refractivity contribution in [3.05, 3.63) is 42.1 Å². The smallest absolute Gasteiger partial charge is 0.256 e. The lowest BCUT2D eigenvalue weighted by Crippen LogP contribution is -1.94. The molecule has 0 amide bonds. The van der Waals surface area contributed by atoms with Crippen molar-refractivity contribution in [3.63, 3.8) is 0 Å². The Bertz CT molecular complexity index is 561. The maximum atomic E-state index is 8.89. The monoisotopic (exact) mass is 241 g/mol. The summed E-state index contributed by atoms with van der Waals surface area (Å²) < 4.78 is 10.8. The Kier molecular flexibility index (Phi) is 3.72. The average molecular weight is 241 g/mol. The number of benzene rings is 1. The molecule has 1 aromatic heterocycles. The minimum absolute atomic E-state index is 0.198. The highest BCUT2D eigenvalue weighted by Crippen LogP contribution is 2.23. The zero-order valence-corrected chi connectivity index (χ0v) is 9.83. The molecule has 2 rings (SSSR count). The van der Waals surface area contributed by atoms with Crippen LogP contribution >= 0.6 is 0 Å². The minimum Gasteiger partial charge on any atom is -0.494 e. The molecule has 0 bridgehead atoms. The van der Waals surface area contributed by atoms with E-state index in [1.807, 2.05) is 13.0 Å². The standard InChI is InChI=1S/C13H11N3O2/c1-2-17-11-3-5-12(6-4-11)18-13-10(9-14)7-8-15-16-13/h3-8H,2H2,1H3. The summed E-state index contributed by atoms with van der Waals surface area (Å²) in [5.74, 6) is 1.55. The minimum atomic E-state index is 0.198. The number of nitrogens with zero attached hydrogens (tertiary/aromatic N) is 3. The van der Waals surface area contributed by atoms with Crippen molar-refractivity contribution in [3.8, 4) is 23.4 Å². The molecule has 5 heteroatoms. The van der Waals surface area contributed by atoms with E-state index in [4.69, 9.17) is 14.7 Å². The molecular formula is C13H11N3O2. The molecule has 0 saturated carbocycles. The van der Waals surface area contributed by atoms with Crippen LogP contribution in [-0.4, -0.2) is 16.8 Å². The van der Waals surface area contributed by atoms with Crippen LogP contribution in [0.5, 0.6) is 17.4 Å². The molecule has 0 aliphatic heterocycles. The van der Waals surface area contributed by atoms with Crippen LogP contribution in [0, 0.1) is 11.3 Å². The molecule has 0 radical (unpaired) electrons. The zero-order valence-electron chi connectivity index (χ0n) is 9.83. The zero-order chi connectivity index (χ0) is 12.8. The Balaban J connectivity index is 2.16. The van der Waals surface area contributed by atoms with Crippen molar-refractivity contribution in [2.75, 3.05) is 6.61 Å². The first-order valence-corrected chi connectivity index (χ1v) is 5.46. The van der Waals surface area contributed by atoms with Crippen LogP contribution in [0.4, 0.5) is 0 Å². The fraction of sp³-hybridized carbons (Fsp3) is 0.154. The van der Waals surface area contributed by atoms with E-state index in [0.717, 1.165) is 5.75 Å². The van der Waals surface area contributed by atoms with Gasteiger partial charge in [-0.15, -0.1) is 5.10 Å². The topological polar surface area (TPSA) is 68.0 Å². The molecule has 0 unspecified atom stereocenters. The summed E-state index contributed by atoms with van der Waals surface area (Å²) in [4.78, 5) is 0. The summed E-state index contributed by atoms with van der Waals surface area (Å²) in [6, 6.07) is 10.6. The van der Waals surface area contributed by atoms with Gasteiger partial charge in [-0.25, -0.2) is 0 Å². The van der Waals surface area contributed by atoms with Crippen LogP contribution in [0.2, 0.25) is 0 Å². The Hall–Kier alpha value is -2.61. The molecule has 0 atom stereocenters. The van der Waals surface area contributed by atoms with E-state index in [-0.39, 0.29) is 5.88 Å². The van der Waals surface area contributed by atoms with Gasteiger partial charge >= 0.3 is 0 Å². The van der Waals surface area contributed by atoms with Crippen LogP contribution in [0.3, 0.4) is 0 Å². The fourth-order valence-corrected chi connectivity index (χ4v) is 1.36. The van der Waals surface area contributed by atoms with E-state index in [1.54, 1.807) is 30.3 Å². The number of hydrogen-bond donors (Lipinski definition) is 0. The predicted molar refractivity (Wildman–Crippen MR) is 64.4 cm³/mol. The first kappa shape index (κ1) is 11.9. The normalized spacial score (nSPS) is 9.56. The second kappa shape index (κ2) is 5.64. The van der Waals surface area contributed by atoms with Crippen LogP contribution in [0.25, 0.3) is 0 Å². The summed E-state index contributed by atoms with van der Waals surface area (Å²) in [5, 5.41) is 16.4. The fourth-order valence-electron chi connectivity index (χ4n) is 1.36. The van der Waals surface area contributed by atoms with Crippen LogP contribution < -0.4 is 9.47 Å². The predicted octanol–water partition coefficient (Wildman–Crippen LogP) is 2.54. The highest BCUT2D eigenvalue weighted by molar-refractivity contribution is 5.40. The number of rotatable bonds is 4. The van der Waals surface area contributed by atoms with Crippen molar-refractivity contribution in [2.45, 2.75) is 6.92 Å². The highest BCUT2D eigenvalue weighted by atomic mass is 16.5. The molecule has 18 heavy (non-hydrogen) atoms. The maximum Gasteiger partial charge on any atom is 0.256 e. The molecule has 0 fully saturated rings. The van der Waals surface area contributed by atoms with E-state index in [0.29, 0.717) is 17.9 Å². The average Bonchev–Trinajstić information content (AvgIpc) is 2.42. The van der Waals surface area contributed by atoms with Gasteiger partial charge in [-0.1, -0.05) is 0 Å². The summed E-state index contributed by atoms with van der Waals surface area (Å²) in [7, 11) is 0. The van der Waals surface area contributed by atoms with Gasteiger partial charge in [-0.05, 0) is 37.3 Å². The Morgan fingerprint density at radius 2 is 1.89 bits per heavy atom. The van der Waals surface area contributed by atoms with Gasteiger partial charge in [0.25, 0.3) is 5.88 Å². The van der Waals surface area contributed by atoms with Gasteiger partial charge in [0.1, 0.15) is 23.1 Å². The van der Waals surface area contributed by atoms with Crippen LogP contribution in [-0.2, 0) is 0 Å². The molecule has 2 aromatic rings. The summed E-state index contributed by atoms with van der Waals surface area (Å²) in [6.45, 7) is 2.53. The van der Waals surface area contributed by atoms with Crippen LogP contribution in [0.1, 0.15) is 12.5 Å². The van der Waals surface area contributed by atoms with Gasteiger partial charge in [-0.2, -0.15) is 10.4 Å². The SMILES string of the molecule is CCOc1ccc(Oc2nnccc2C#N)cc1. The number of aromatic nitrogens is 2. The molecule has 0 aliphatic rings. The van der Waals surface area contributed by atoms with Crippen molar-refractivity contribution in [2.24, 2.45) is 0 Å². The first-order valence-electron chi connectivity index (χ1n) is 5.46.